The monoisotopic (exact) mass is 289 g/mol. The van der Waals surface area contributed by atoms with Gasteiger partial charge in [0.25, 0.3) is 0 Å². The fraction of sp³-hybridized carbons (Fsp3) is 0.462. The lowest BCUT2D eigenvalue weighted by Crippen LogP contribution is -2.31. The number of carboxylic acid groups (broad SMARTS) is 1. The third-order valence-corrected chi connectivity index (χ3v) is 3.36. The average molecular weight is 290 g/mol. The van der Waals surface area contributed by atoms with Crippen LogP contribution >= 0.6 is 23.2 Å². The van der Waals surface area contributed by atoms with Gasteiger partial charge in [-0.2, -0.15) is 0 Å². The van der Waals surface area contributed by atoms with E-state index in [0.29, 0.717) is 22.2 Å². The van der Waals surface area contributed by atoms with E-state index in [1.54, 1.807) is 30.1 Å². The van der Waals surface area contributed by atoms with Crippen molar-refractivity contribution >= 4 is 29.2 Å². The van der Waals surface area contributed by atoms with Crippen molar-refractivity contribution in [3.8, 4) is 0 Å². The van der Waals surface area contributed by atoms with Gasteiger partial charge in [-0.25, -0.2) is 0 Å². The highest BCUT2D eigenvalue weighted by Gasteiger charge is 2.26. The Morgan fingerprint density at radius 2 is 2.11 bits per heavy atom. The highest BCUT2D eigenvalue weighted by molar-refractivity contribution is 6.35. The number of halogens is 2. The van der Waals surface area contributed by atoms with Crippen molar-refractivity contribution < 1.29 is 9.90 Å². The van der Waals surface area contributed by atoms with Crippen LogP contribution in [0.4, 0.5) is 0 Å². The Balaban J connectivity index is 3.00. The molecule has 1 N–H and O–H groups in total. The number of aliphatic carboxylic acids is 1. The Morgan fingerprint density at radius 1 is 1.44 bits per heavy atom. The van der Waals surface area contributed by atoms with Gasteiger partial charge in [-0.3, -0.25) is 9.69 Å². The molecule has 0 saturated carbocycles. The second-order valence-corrected chi connectivity index (χ2v) is 5.08. The first-order valence-corrected chi connectivity index (χ1v) is 6.61. The highest BCUT2D eigenvalue weighted by atomic mass is 35.5. The fourth-order valence-corrected chi connectivity index (χ4v) is 2.33. The number of nitrogens with zero attached hydrogens (tertiary/aromatic N) is 1. The molecule has 1 unspecified atom stereocenters. The van der Waals surface area contributed by atoms with Gasteiger partial charge in [0.05, 0.1) is 0 Å². The molecule has 0 saturated heterocycles. The van der Waals surface area contributed by atoms with Gasteiger partial charge in [-0.1, -0.05) is 42.6 Å². The van der Waals surface area contributed by atoms with Crippen molar-refractivity contribution in [2.45, 2.75) is 25.8 Å². The van der Waals surface area contributed by atoms with E-state index in [-0.39, 0.29) is 0 Å². The van der Waals surface area contributed by atoms with E-state index in [4.69, 9.17) is 23.2 Å². The molecule has 0 spiro atoms. The number of carbonyl (C=O) groups is 1. The summed E-state index contributed by atoms with van der Waals surface area (Å²) in [6.45, 7) is 2.78. The molecular formula is C13H17Cl2NO2. The smallest absolute Gasteiger partial charge is 0.325 e. The van der Waals surface area contributed by atoms with Crippen molar-refractivity contribution in [2.24, 2.45) is 0 Å². The molecule has 1 rings (SSSR count). The lowest BCUT2D eigenvalue weighted by molar-refractivity contribution is -0.143. The Labute approximate surface area is 117 Å². The van der Waals surface area contributed by atoms with Crippen molar-refractivity contribution in [1.82, 2.24) is 4.90 Å². The van der Waals surface area contributed by atoms with Crippen molar-refractivity contribution in [3.05, 3.63) is 33.8 Å². The predicted octanol–water partition coefficient (Wildman–Crippen LogP) is 3.85. The van der Waals surface area contributed by atoms with Gasteiger partial charge >= 0.3 is 5.97 Å². The maximum Gasteiger partial charge on any atom is 0.325 e. The summed E-state index contributed by atoms with van der Waals surface area (Å²) in [4.78, 5) is 13.2. The summed E-state index contributed by atoms with van der Waals surface area (Å²) in [5.41, 5.74) is 0.576. The summed E-state index contributed by atoms with van der Waals surface area (Å²) in [7, 11) is 1.79. The van der Waals surface area contributed by atoms with Crippen molar-refractivity contribution in [1.29, 1.82) is 0 Å². The van der Waals surface area contributed by atoms with Gasteiger partial charge in [-0.15, -0.1) is 0 Å². The molecule has 3 nitrogen and oxygen atoms in total. The van der Waals surface area contributed by atoms with Crippen LogP contribution in [-0.4, -0.2) is 29.6 Å². The molecule has 0 fully saturated rings. The summed E-state index contributed by atoms with van der Waals surface area (Å²) in [6.07, 6.45) is 1.97. The Morgan fingerprint density at radius 3 is 2.61 bits per heavy atom. The molecule has 0 aliphatic heterocycles. The first-order valence-electron chi connectivity index (χ1n) is 5.85. The van der Waals surface area contributed by atoms with E-state index < -0.39 is 12.0 Å². The number of hydrogen-bond acceptors (Lipinski definition) is 2. The van der Waals surface area contributed by atoms with Crippen LogP contribution in [0.5, 0.6) is 0 Å². The van der Waals surface area contributed by atoms with E-state index >= 15 is 0 Å². The molecule has 0 amide bonds. The normalized spacial score (nSPS) is 12.7. The van der Waals surface area contributed by atoms with Gasteiger partial charge in [0.15, 0.2) is 0 Å². The lowest BCUT2D eigenvalue weighted by atomic mass is 10.1. The van der Waals surface area contributed by atoms with Gasteiger partial charge in [0.2, 0.25) is 0 Å². The Hall–Kier alpha value is -0.770. The van der Waals surface area contributed by atoms with Crippen LogP contribution in [0.2, 0.25) is 10.0 Å². The minimum absolute atomic E-state index is 0.387. The standard InChI is InChI=1S/C13H17Cl2NO2/c1-3-4-7-16(2)12(13(17)18)10-6-5-9(14)8-11(10)15/h5-6,8,12H,3-4,7H2,1-2H3,(H,17,18). The number of unbranched alkanes of at least 4 members (excludes halogenated alkanes) is 1. The van der Waals surface area contributed by atoms with E-state index in [2.05, 4.69) is 6.92 Å². The highest BCUT2D eigenvalue weighted by Crippen LogP contribution is 2.29. The van der Waals surface area contributed by atoms with Gasteiger partial charge < -0.3 is 5.11 Å². The largest absolute Gasteiger partial charge is 0.480 e. The molecule has 0 aliphatic carbocycles. The zero-order valence-corrected chi connectivity index (χ0v) is 12.0. The summed E-state index contributed by atoms with van der Waals surface area (Å²) in [6, 6.07) is 4.17. The number of rotatable bonds is 6. The van der Waals surface area contributed by atoms with Crippen molar-refractivity contribution in [2.75, 3.05) is 13.6 Å². The number of benzene rings is 1. The van der Waals surface area contributed by atoms with Crippen LogP contribution in [0.3, 0.4) is 0 Å². The maximum absolute atomic E-state index is 11.4. The molecule has 1 aromatic rings. The average Bonchev–Trinajstić information content (AvgIpc) is 2.29. The Bertz CT molecular complexity index is 423. The van der Waals surface area contributed by atoms with Crippen LogP contribution in [-0.2, 0) is 4.79 Å². The molecule has 5 heteroatoms. The molecule has 0 heterocycles. The molecule has 0 aliphatic rings. The second-order valence-electron chi connectivity index (χ2n) is 4.24. The molecule has 0 aromatic heterocycles. The van der Waals surface area contributed by atoms with Gasteiger partial charge in [-0.05, 0) is 37.7 Å². The van der Waals surface area contributed by atoms with Crippen LogP contribution in [0.15, 0.2) is 18.2 Å². The van der Waals surface area contributed by atoms with Crippen LogP contribution in [0, 0.1) is 0 Å². The third-order valence-electron chi connectivity index (χ3n) is 2.80. The number of hydrogen-bond donors (Lipinski definition) is 1. The van der Waals surface area contributed by atoms with Crippen LogP contribution in [0.1, 0.15) is 31.4 Å². The number of carboxylic acids is 1. The molecular weight excluding hydrogens is 273 g/mol. The first kappa shape index (κ1) is 15.3. The van der Waals surface area contributed by atoms with Crippen molar-refractivity contribution in [3.63, 3.8) is 0 Å². The molecule has 0 bridgehead atoms. The summed E-state index contributed by atoms with van der Waals surface area (Å²) < 4.78 is 0. The second kappa shape index (κ2) is 6.98. The fourth-order valence-electron chi connectivity index (χ4n) is 1.82. The maximum atomic E-state index is 11.4. The molecule has 0 radical (unpaired) electrons. The van der Waals surface area contributed by atoms with E-state index in [9.17, 15) is 9.90 Å². The quantitative estimate of drug-likeness (QED) is 0.865. The van der Waals surface area contributed by atoms with E-state index in [0.717, 1.165) is 12.8 Å². The van der Waals surface area contributed by atoms with Gasteiger partial charge in [0, 0.05) is 10.0 Å². The Kier molecular flexibility index (Phi) is 5.93. The van der Waals surface area contributed by atoms with E-state index in [1.165, 1.54) is 0 Å². The minimum Gasteiger partial charge on any atom is -0.480 e. The first-order chi connectivity index (χ1) is 8.47. The summed E-state index contributed by atoms with van der Waals surface area (Å²) in [5, 5.41) is 10.2. The van der Waals surface area contributed by atoms with Gasteiger partial charge in [0.1, 0.15) is 6.04 Å². The third kappa shape index (κ3) is 3.87. The molecule has 1 atom stereocenters. The summed E-state index contributed by atoms with van der Waals surface area (Å²) >= 11 is 11.9. The molecule has 1 aromatic carbocycles. The van der Waals surface area contributed by atoms with E-state index in [1.807, 2.05) is 0 Å². The van der Waals surface area contributed by atoms with Crippen LogP contribution in [0.25, 0.3) is 0 Å². The predicted molar refractivity (Wildman–Crippen MR) is 74.4 cm³/mol. The zero-order chi connectivity index (χ0) is 13.7. The molecule has 100 valence electrons. The molecule has 18 heavy (non-hydrogen) atoms. The zero-order valence-electron chi connectivity index (χ0n) is 10.5. The SMILES string of the molecule is CCCCN(C)C(C(=O)O)c1ccc(Cl)cc1Cl. The summed E-state index contributed by atoms with van der Waals surface area (Å²) in [5.74, 6) is -0.905. The van der Waals surface area contributed by atoms with Crippen LogP contribution < -0.4 is 0 Å². The minimum atomic E-state index is -0.905. The number of likely N-dealkylation sites (N-methyl/N-ethyl adjacent to an activating group) is 1. The lowest BCUT2D eigenvalue weighted by Gasteiger charge is -2.25. The topological polar surface area (TPSA) is 40.5 Å².